The van der Waals surface area contributed by atoms with Crippen molar-refractivity contribution in [3.8, 4) is 11.5 Å². The van der Waals surface area contributed by atoms with Crippen molar-refractivity contribution in [2.45, 2.75) is 13.8 Å². The van der Waals surface area contributed by atoms with Crippen LogP contribution in [-0.4, -0.2) is 10.2 Å². The topological polar surface area (TPSA) is 58.8 Å². The largest absolute Gasteiger partial charge is 0.455 e. The van der Waals surface area contributed by atoms with Crippen molar-refractivity contribution >= 4 is 5.69 Å². The summed E-state index contributed by atoms with van der Waals surface area (Å²) in [7, 11) is 0. The molecule has 0 bridgehead atoms. The number of nitrogens with zero attached hydrogens (tertiary/aromatic N) is 2. The van der Waals surface area contributed by atoms with Crippen molar-refractivity contribution in [3.05, 3.63) is 41.7 Å². The van der Waals surface area contributed by atoms with Crippen LogP contribution in [-0.2, 0) is 0 Å². The van der Waals surface area contributed by atoms with E-state index >= 15 is 0 Å². The summed E-state index contributed by atoms with van der Waals surface area (Å²) in [4.78, 5) is 0. The van der Waals surface area contributed by atoms with Crippen LogP contribution < -0.4 is 10.5 Å². The van der Waals surface area contributed by atoms with Crippen molar-refractivity contribution < 1.29 is 4.74 Å². The second kappa shape index (κ2) is 4.18. The molecule has 1 radical (unpaired) electrons. The van der Waals surface area contributed by atoms with Crippen molar-refractivity contribution in [2.24, 2.45) is 0 Å². The van der Waals surface area contributed by atoms with Gasteiger partial charge in [-0.3, -0.25) is 0 Å². The molecule has 16 heavy (non-hydrogen) atoms. The quantitative estimate of drug-likeness (QED) is 0.772. The van der Waals surface area contributed by atoms with Crippen LogP contribution in [0.3, 0.4) is 0 Å². The Labute approximate surface area is 94.1 Å². The zero-order valence-corrected chi connectivity index (χ0v) is 9.19. The Hall–Kier alpha value is -2.10. The highest BCUT2D eigenvalue weighted by Gasteiger charge is 2.04. The molecule has 1 N–H and O–H groups in total. The smallest absolute Gasteiger partial charge is 0.152 e. The molecule has 0 aliphatic heterocycles. The SMILES string of the molecule is Cc1cc([NH])ccc1Oc1ccnnc1C. The molecular weight excluding hydrogens is 202 g/mol. The Bertz CT molecular complexity index is 511. The molecule has 81 valence electrons. The lowest BCUT2D eigenvalue weighted by atomic mass is 10.2. The normalized spacial score (nSPS) is 10.1. The van der Waals surface area contributed by atoms with Crippen LogP contribution in [0.5, 0.6) is 11.5 Å². The van der Waals surface area contributed by atoms with Gasteiger partial charge in [0.1, 0.15) is 11.4 Å². The van der Waals surface area contributed by atoms with Gasteiger partial charge in [-0.15, -0.1) is 0 Å². The number of hydrogen-bond donors (Lipinski definition) is 0. The van der Waals surface area contributed by atoms with Crippen molar-refractivity contribution in [3.63, 3.8) is 0 Å². The van der Waals surface area contributed by atoms with Crippen LogP contribution in [0, 0.1) is 13.8 Å². The van der Waals surface area contributed by atoms with E-state index in [0.717, 1.165) is 17.0 Å². The van der Waals surface area contributed by atoms with Crippen LogP contribution in [0.15, 0.2) is 30.5 Å². The first-order chi connectivity index (χ1) is 7.66. The molecule has 0 spiro atoms. The lowest BCUT2D eigenvalue weighted by Crippen LogP contribution is -1.93. The van der Waals surface area contributed by atoms with Crippen LogP contribution >= 0.6 is 0 Å². The maximum Gasteiger partial charge on any atom is 0.152 e. The highest BCUT2D eigenvalue weighted by atomic mass is 16.5. The molecule has 0 saturated carbocycles. The van der Waals surface area contributed by atoms with Gasteiger partial charge in [-0.1, -0.05) is 0 Å². The van der Waals surface area contributed by atoms with Gasteiger partial charge in [0, 0.05) is 6.07 Å². The van der Waals surface area contributed by atoms with E-state index in [1.807, 2.05) is 13.8 Å². The fraction of sp³-hybridized carbons (Fsp3) is 0.167. The summed E-state index contributed by atoms with van der Waals surface area (Å²) in [5, 5.41) is 7.67. The Balaban J connectivity index is 2.31. The number of rotatable bonds is 2. The Morgan fingerprint density at radius 3 is 2.62 bits per heavy atom. The second-order valence-electron chi connectivity index (χ2n) is 3.56. The van der Waals surface area contributed by atoms with Crippen LogP contribution in [0.4, 0.5) is 5.69 Å². The second-order valence-corrected chi connectivity index (χ2v) is 3.56. The van der Waals surface area contributed by atoms with Gasteiger partial charge in [-0.25, -0.2) is 0 Å². The first kappa shape index (κ1) is 10.4. The molecule has 0 unspecified atom stereocenters. The van der Waals surface area contributed by atoms with Gasteiger partial charge in [0.2, 0.25) is 0 Å². The third-order valence-corrected chi connectivity index (χ3v) is 2.25. The van der Waals surface area contributed by atoms with E-state index in [0.29, 0.717) is 11.4 Å². The third kappa shape index (κ3) is 2.11. The fourth-order valence-electron chi connectivity index (χ4n) is 1.38. The minimum atomic E-state index is 0.481. The molecule has 0 amide bonds. The molecule has 4 heteroatoms. The summed E-state index contributed by atoms with van der Waals surface area (Å²) in [5.74, 6) is 1.43. The predicted octanol–water partition coefficient (Wildman–Crippen LogP) is 2.80. The van der Waals surface area contributed by atoms with E-state index < -0.39 is 0 Å². The minimum Gasteiger partial charge on any atom is -0.455 e. The lowest BCUT2D eigenvalue weighted by Gasteiger charge is -2.09. The molecule has 0 aliphatic carbocycles. The molecule has 4 nitrogen and oxygen atoms in total. The zero-order valence-electron chi connectivity index (χ0n) is 9.19. The van der Waals surface area contributed by atoms with Crippen LogP contribution in [0.25, 0.3) is 0 Å². The molecule has 1 heterocycles. The average Bonchev–Trinajstić information content (AvgIpc) is 2.25. The molecule has 0 fully saturated rings. The summed E-state index contributed by atoms with van der Waals surface area (Å²) in [6, 6.07) is 7.03. The van der Waals surface area contributed by atoms with Crippen LogP contribution in [0.2, 0.25) is 0 Å². The van der Waals surface area contributed by atoms with E-state index in [1.165, 1.54) is 0 Å². The summed E-state index contributed by atoms with van der Waals surface area (Å²) in [6.07, 6.45) is 1.59. The first-order valence-corrected chi connectivity index (χ1v) is 4.95. The average molecular weight is 214 g/mol. The predicted molar refractivity (Wildman–Crippen MR) is 60.8 cm³/mol. The molecule has 2 aromatic rings. The number of aromatic nitrogens is 2. The van der Waals surface area contributed by atoms with Gasteiger partial charge in [-0.2, -0.15) is 10.2 Å². The fourth-order valence-corrected chi connectivity index (χ4v) is 1.38. The highest BCUT2D eigenvalue weighted by molar-refractivity contribution is 5.46. The van der Waals surface area contributed by atoms with Gasteiger partial charge in [0.05, 0.1) is 11.9 Å². The Kier molecular flexibility index (Phi) is 2.72. The van der Waals surface area contributed by atoms with E-state index in [-0.39, 0.29) is 0 Å². The van der Waals surface area contributed by atoms with Gasteiger partial charge < -0.3 is 10.5 Å². The molecular formula is C12H12N3O. The molecule has 0 atom stereocenters. The molecule has 0 aliphatic rings. The zero-order chi connectivity index (χ0) is 11.5. The molecule has 2 rings (SSSR count). The monoisotopic (exact) mass is 214 g/mol. The van der Waals surface area contributed by atoms with Gasteiger partial charge in [-0.05, 0) is 37.6 Å². The maximum atomic E-state index is 7.48. The first-order valence-electron chi connectivity index (χ1n) is 4.95. The molecule has 1 aromatic heterocycles. The van der Waals surface area contributed by atoms with E-state index in [1.54, 1.807) is 30.5 Å². The van der Waals surface area contributed by atoms with Crippen LogP contribution in [0.1, 0.15) is 11.3 Å². The third-order valence-electron chi connectivity index (χ3n) is 2.25. The number of benzene rings is 1. The number of ether oxygens (including phenoxy) is 1. The Morgan fingerprint density at radius 2 is 1.94 bits per heavy atom. The number of nitrogens with one attached hydrogen (secondary N) is 1. The molecule has 1 aromatic carbocycles. The van der Waals surface area contributed by atoms with Gasteiger partial charge in [0.15, 0.2) is 5.75 Å². The van der Waals surface area contributed by atoms with E-state index in [9.17, 15) is 0 Å². The maximum absolute atomic E-state index is 7.48. The Morgan fingerprint density at radius 1 is 1.12 bits per heavy atom. The van der Waals surface area contributed by atoms with Crippen molar-refractivity contribution in [1.29, 1.82) is 0 Å². The summed E-state index contributed by atoms with van der Waals surface area (Å²) in [5.41, 5.74) is 9.64. The number of aryl methyl sites for hydroxylation is 2. The summed E-state index contributed by atoms with van der Waals surface area (Å²) in [6.45, 7) is 3.76. The van der Waals surface area contributed by atoms with Crippen molar-refractivity contribution in [2.75, 3.05) is 0 Å². The number of hydrogen-bond acceptors (Lipinski definition) is 3. The van der Waals surface area contributed by atoms with E-state index in [2.05, 4.69) is 10.2 Å². The van der Waals surface area contributed by atoms with Gasteiger partial charge in [0.25, 0.3) is 0 Å². The molecule has 0 saturated heterocycles. The highest BCUT2D eigenvalue weighted by Crippen LogP contribution is 2.27. The summed E-state index contributed by atoms with van der Waals surface area (Å²) < 4.78 is 5.71. The standard InChI is InChI=1S/C12H12N3O/c1-8-7-10(13)3-4-11(8)16-12-5-6-14-15-9(12)2/h3-7,13H,1-2H3. The van der Waals surface area contributed by atoms with E-state index in [4.69, 9.17) is 10.5 Å². The van der Waals surface area contributed by atoms with Gasteiger partial charge >= 0.3 is 0 Å². The lowest BCUT2D eigenvalue weighted by molar-refractivity contribution is 0.470. The summed E-state index contributed by atoms with van der Waals surface area (Å²) >= 11 is 0. The van der Waals surface area contributed by atoms with Crippen molar-refractivity contribution in [1.82, 2.24) is 15.9 Å². The minimum absolute atomic E-state index is 0.481.